The molecule has 2 unspecified atom stereocenters. The molecule has 0 spiro atoms. The van der Waals surface area contributed by atoms with Crippen molar-refractivity contribution in [2.75, 3.05) is 32.7 Å². The molecular formula is C15H32N4O. The minimum Gasteiger partial charge on any atom is -0.368 e. The summed E-state index contributed by atoms with van der Waals surface area (Å²) in [5.74, 6) is -0.403. The molecule has 1 aliphatic heterocycles. The molecule has 1 amide bonds. The fourth-order valence-electron chi connectivity index (χ4n) is 2.64. The predicted molar refractivity (Wildman–Crippen MR) is 83.4 cm³/mol. The van der Waals surface area contributed by atoms with Gasteiger partial charge in [0.15, 0.2) is 0 Å². The smallest absolute Gasteiger partial charge is 0.237 e. The zero-order valence-electron chi connectivity index (χ0n) is 13.4. The van der Waals surface area contributed by atoms with Crippen molar-refractivity contribution < 1.29 is 4.79 Å². The van der Waals surface area contributed by atoms with Crippen molar-refractivity contribution in [1.29, 1.82) is 0 Å². The van der Waals surface area contributed by atoms with Gasteiger partial charge in [-0.05, 0) is 46.1 Å². The summed E-state index contributed by atoms with van der Waals surface area (Å²) in [6, 6.07) is 0.700. The Morgan fingerprint density at radius 2 is 1.85 bits per heavy atom. The molecular weight excluding hydrogens is 252 g/mol. The lowest BCUT2D eigenvalue weighted by Gasteiger charge is -2.37. The monoisotopic (exact) mass is 284 g/mol. The average Bonchev–Trinajstić information content (AvgIpc) is 2.43. The molecule has 2 atom stereocenters. The topological polar surface area (TPSA) is 75.6 Å². The normalized spacial score (nSPS) is 22.4. The Labute approximate surface area is 123 Å². The highest BCUT2D eigenvalue weighted by Crippen LogP contribution is 2.12. The molecule has 20 heavy (non-hydrogen) atoms. The van der Waals surface area contributed by atoms with Crippen LogP contribution in [0.5, 0.6) is 0 Å². The van der Waals surface area contributed by atoms with Crippen LogP contribution in [0.25, 0.3) is 0 Å². The number of piperazine rings is 1. The zero-order valence-corrected chi connectivity index (χ0v) is 13.4. The first kappa shape index (κ1) is 17.4. The van der Waals surface area contributed by atoms with Crippen LogP contribution in [0, 0.1) is 0 Å². The molecule has 1 rings (SSSR count). The summed E-state index contributed by atoms with van der Waals surface area (Å²) in [4.78, 5) is 16.2. The van der Waals surface area contributed by atoms with Crippen molar-refractivity contribution in [1.82, 2.24) is 9.80 Å². The van der Waals surface area contributed by atoms with E-state index < -0.39 is 11.4 Å². The Morgan fingerprint density at radius 1 is 1.25 bits per heavy atom. The van der Waals surface area contributed by atoms with E-state index in [2.05, 4.69) is 23.6 Å². The number of hydrogen-bond acceptors (Lipinski definition) is 4. The number of amides is 1. The second kappa shape index (κ2) is 7.96. The van der Waals surface area contributed by atoms with E-state index in [1.165, 1.54) is 19.5 Å². The van der Waals surface area contributed by atoms with E-state index in [0.29, 0.717) is 12.5 Å². The van der Waals surface area contributed by atoms with E-state index in [0.717, 1.165) is 32.5 Å². The van der Waals surface area contributed by atoms with Gasteiger partial charge in [0.25, 0.3) is 0 Å². The highest BCUT2D eigenvalue weighted by Gasteiger charge is 2.25. The third-order valence-electron chi connectivity index (χ3n) is 4.60. The van der Waals surface area contributed by atoms with Crippen LogP contribution in [0.1, 0.15) is 46.5 Å². The maximum atomic E-state index is 11.1. The molecule has 0 aromatic heterocycles. The summed E-state index contributed by atoms with van der Waals surface area (Å²) in [5, 5.41) is 0. The number of unbranched alkanes of at least 4 members (excludes halogenated alkanes) is 1. The number of primary amides is 1. The van der Waals surface area contributed by atoms with Crippen molar-refractivity contribution in [3.05, 3.63) is 0 Å². The minimum atomic E-state index is -0.852. The van der Waals surface area contributed by atoms with Crippen LogP contribution in [0.15, 0.2) is 0 Å². The van der Waals surface area contributed by atoms with Crippen molar-refractivity contribution in [2.45, 2.75) is 58.0 Å². The predicted octanol–water partition coefficient (Wildman–Crippen LogP) is 0.776. The molecule has 4 N–H and O–H groups in total. The number of nitrogens with two attached hydrogens (primary N) is 2. The highest BCUT2D eigenvalue weighted by atomic mass is 16.1. The van der Waals surface area contributed by atoms with Crippen molar-refractivity contribution in [3.63, 3.8) is 0 Å². The third-order valence-corrected chi connectivity index (χ3v) is 4.60. The van der Waals surface area contributed by atoms with Crippen LogP contribution >= 0.6 is 0 Å². The Hall–Kier alpha value is -0.650. The van der Waals surface area contributed by atoms with Crippen molar-refractivity contribution in [2.24, 2.45) is 11.5 Å². The van der Waals surface area contributed by atoms with Crippen LogP contribution < -0.4 is 11.5 Å². The summed E-state index contributed by atoms with van der Waals surface area (Å²) in [6.45, 7) is 12.0. The Bertz CT molecular complexity index is 298. The van der Waals surface area contributed by atoms with Gasteiger partial charge in [0.1, 0.15) is 0 Å². The molecule has 118 valence electrons. The molecule has 5 heteroatoms. The Balaban J connectivity index is 2.15. The van der Waals surface area contributed by atoms with Crippen molar-refractivity contribution in [3.8, 4) is 0 Å². The molecule has 1 heterocycles. The summed E-state index contributed by atoms with van der Waals surface area (Å²) in [5.41, 5.74) is 10.3. The van der Waals surface area contributed by atoms with Gasteiger partial charge in [-0.25, -0.2) is 0 Å². The van der Waals surface area contributed by atoms with Crippen LogP contribution in [0.2, 0.25) is 0 Å². The second-order valence-electron chi connectivity index (χ2n) is 6.37. The maximum Gasteiger partial charge on any atom is 0.237 e. The highest BCUT2D eigenvalue weighted by molar-refractivity contribution is 5.83. The lowest BCUT2D eigenvalue weighted by molar-refractivity contribution is -0.122. The van der Waals surface area contributed by atoms with Gasteiger partial charge in [0.2, 0.25) is 5.91 Å². The van der Waals surface area contributed by atoms with Gasteiger partial charge in [0, 0.05) is 32.2 Å². The third kappa shape index (κ3) is 5.38. The van der Waals surface area contributed by atoms with Gasteiger partial charge in [-0.3, -0.25) is 9.69 Å². The van der Waals surface area contributed by atoms with Crippen LogP contribution in [-0.2, 0) is 4.79 Å². The summed E-state index contributed by atoms with van der Waals surface area (Å²) in [7, 11) is 0. The lowest BCUT2D eigenvalue weighted by Crippen LogP contribution is -2.50. The van der Waals surface area contributed by atoms with Crippen LogP contribution in [-0.4, -0.2) is 60.0 Å². The molecule has 0 aromatic rings. The lowest BCUT2D eigenvalue weighted by atomic mass is 9.95. The summed E-state index contributed by atoms with van der Waals surface area (Å²) in [6.07, 6.45) is 3.95. The van der Waals surface area contributed by atoms with Crippen LogP contribution in [0.4, 0.5) is 0 Å². The fourth-order valence-corrected chi connectivity index (χ4v) is 2.64. The first-order chi connectivity index (χ1) is 9.36. The first-order valence-corrected chi connectivity index (χ1v) is 7.92. The van der Waals surface area contributed by atoms with Gasteiger partial charge < -0.3 is 16.4 Å². The molecule has 1 fully saturated rings. The SMILES string of the molecule is CCC(C)N1CCN(CCCCC(C)(N)C(N)=O)CC1. The van der Waals surface area contributed by atoms with E-state index in [9.17, 15) is 4.79 Å². The van der Waals surface area contributed by atoms with Gasteiger partial charge in [-0.15, -0.1) is 0 Å². The number of carbonyl (C=O) groups is 1. The molecule has 1 saturated heterocycles. The summed E-state index contributed by atoms with van der Waals surface area (Å²) >= 11 is 0. The van der Waals surface area contributed by atoms with Gasteiger partial charge in [-0.2, -0.15) is 0 Å². The van der Waals surface area contributed by atoms with Crippen molar-refractivity contribution >= 4 is 5.91 Å². The largest absolute Gasteiger partial charge is 0.368 e. The molecule has 0 bridgehead atoms. The van der Waals surface area contributed by atoms with E-state index >= 15 is 0 Å². The Kier molecular flexibility index (Phi) is 6.92. The van der Waals surface area contributed by atoms with E-state index in [4.69, 9.17) is 11.5 Å². The summed E-state index contributed by atoms with van der Waals surface area (Å²) < 4.78 is 0. The fraction of sp³-hybridized carbons (Fsp3) is 0.933. The second-order valence-corrected chi connectivity index (χ2v) is 6.37. The van der Waals surface area contributed by atoms with E-state index in [1.807, 2.05) is 0 Å². The molecule has 0 radical (unpaired) electrons. The Morgan fingerprint density at radius 3 is 2.35 bits per heavy atom. The van der Waals surface area contributed by atoms with Crippen LogP contribution in [0.3, 0.4) is 0 Å². The maximum absolute atomic E-state index is 11.1. The molecule has 5 nitrogen and oxygen atoms in total. The first-order valence-electron chi connectivity index (χ1n) is 7.92. The average molecular weight is 284 g/mol. The molecule has 0 aromatic carbocycles. The minimum absolute atomic E-state index is 0.403. The molecule has 0 aliphatic carbocycles. The number of carbonyl (C=O) groups excluding carboxylic acids is 1. The number of nitrogens with zero attached hydrogens (tertiary/aromatic N) is 2. The number of rotatable bonds is 8. The van der Waals surface area contributed by atoms with Gasteiger partial charge in [0.05, 0.1) is 5.54 Å². The quantitative estimate of drug-likeness (QED) is 0.646. The van der Waals surface area contributed by atoms with Gasteiger partial charge >= 0.3 is 0 Å². The standard InChI is InChI=1S/C15H32N4O/c1-4-13(2)19-11-9-18(10-12-19)8-6-5-7-15(3,17)14(16)20/h13H,4-12,17H2,1-3H3,(H2,16,20). The van der Waals surface area contributed by atoms with E-state index in [-0.39, 0.29) is 0 Å². The van der Waals surface area contributed by atoms with E-state index in [1.54, 1.807) is 6.92 Å². The van der Waals surface area contributed by atoms with Gasteiger partial charge in [-0.1, -0.05) is 6.92 Å². The molecule has 1 aliphatic rings. The zero-order chi connectivity index (χ0) is 15.2. The number of hydrogen-bond donors (Lipinski definition) is 2. The molecule has 0 saturated carbocycles.